The summed E-state index contributed by atoms with van der Waals surface area (Å²) in [5.41, 5.74) is 0.540. The molecule has 18 heavy (non-hydrogen) atoms. The molecule has 0 aliphatic heterocycles. The van der Waals surface area contributed by atoms with Gasteiger partial charge in [-0.25, -0.2) is 0 Å². The molecule has 2 rings (SSSR count). The maximum atomic E-state index is 8.76. The molecular formula is C13H6Cl3NS. The van der Waals surface area contributed by atoms with Crippen LogP contribution in [0.1, 0.15) is 5.56 Å². The number of benzene rings is 2. The third-order valence-electron chi connectivity index (χ3n) is 2.18. The molecule has 0 atom stereocenters. The van der Waals surface area contributed by atoms with Gasteiger partial charge in [-0.15, -0.1) is 0 Å². The Morgan fingerprint density at radius 1 is 0.889 bits per heavy atom. The van der Waals surface area contributed by atoms with E-state index in [1.807, 2.05) is 18.2 Å². The number of hydrogen-bond acceptors (Lipinski definition) is 2. The van der Waals surface area contributed by atoms with Crippen molar-refractivity contribution >= 4 is 46.6 Å². The fraction of sp³-hybridized carbons (Fsp3) is 0. The molecule has 0 N–H and O–H groups in total. The average molecular weight is 315 g/mol. The smallest absolute Gasteiger partial charge is 0.0992 e. The highest BCUT2D eigenvalue weighted by atomic mass is 35.5. The lowest BCUT2D eigenvalue weighted by molar-refractivity contribution is 1.39. The molecule has 0 saturated heterocycles. The Labute approximate surface area is 124 Å². The summed E-state index contributed by atoms with van der Waals surface area (Å²) in [6.45, 7) is 0. The van der Waals surface area contributed by atoms with Crippen LogP contribution in [0.4, 0.5) is 0 Å². The zero-order chi connectivity index (χ0) is 13.1. The van der Waals surface area contributed by atoms with Gasteiger partial charge in [0.1, 0.15) is 0 Å². The Morgan fingerprint density at radius 2 is 1.67 bits per heavy atom. The molecule has 2 aromatic carbocycles. The minimum atomic E-state index is 0.506. The van der Waals surface area contributed by atoms with E-state index in [4.69, 9.17) is 40.1 Å². The molecule has 5 heteroatoms. The summed E-state index contributed by atoms with van der Waals surface area (Å²) in [7, 11) is 0. The van der Waals surface area contributed by atoms with Gasteiger partial charge in [-0.05, 0) is 36.4 Å². The first-order valence-electron chi connectivity index (χ1n) is 4.92. The molecule has 0 aliphatic carbocycles. The number of nitrogens with zero attached hydrogens (tertiary/aromatic N) is 1. The summed E-state index contributed by atoms with van der Waals surface area (Å²) in [5, 5.41) is 10.3. The lowest BCUT2D eigenvalue weighted by atomic mass is 10.2. The van der Waals surface area contributed by atoms with Crippen molar-refractivity contribution in [3.63, 3.8) is 0 Å². The van der Waals surface area contributed by atoms with Crippen molar-refractivity contribution < 1.29 is 0 Å². The first-order valence-corrected chi connectivity index (χ1v) is 6.88. The van der Waals surface area contributed by atoms with E-state index < -0.39 is 0 Å². The standard InChI is InChI=1S/C13H6Cl3NS/c14-10-3-2-9(6-11(10)15)18-13-4-1-8(7-17)5-12(13)16/h1-6H. The van der Waals surface area contributed by atoms with Crippen LogP contribution in [-0.4, -0.2) is 0 Å². The molecule has 0 spiro atoms. The van der Waals surface area contributed by atoms with Crippen LogP contribution in [0.25, 0.3) is 0 Å². The Bertz CT molecular complexity index is 635. The Kier molecular flexibility index (Phi) is 4.42. The summed E-state index contributed by atoms with van der Waals surface area (Å²) in [5.74, 6) is 0. The quantitative estimate of drug-likeness (QED) is 0.713. The van der Waals surface area contributed by atoms with Crippen LogP contribution in [0.15, 0.2) is 46.2 Å². The number of halogens is 3. The van der Waals surface area contributed by atoms with E-state index in [0.29, 0.717) is 20.6 Å². The van der Waals surface area contributed by atoms with Gasteiger partial charge in [0.05, 0.1) is 26.7 Å². The highest BCUT2D eigenvalue weighted by Gasteiger charge is 2.06. The van der Waals surface area contributed by atoms with Gasteiger partial charge in [-0.1, -0.05) is 46.6 Å². The molecule has 0 radical (unpaired) electrons. The second kappa shape index (κ2) is 5.86. The molecule has 0 heterocycles. The molecule has 0 saturated carbocycles. The Hall–Kier alpha value is -0.850. The fourth-order valence-corrected chi connectivity index (χ4v) is 2.84. The molecule has 2 aromatic rings. The van der Waals surface area contributed by atoms with Crippen LogP contribution >= 0.6 is 46.6 Å². The van der Waals surface area contributed by atoms with Crippen molar-refractivity contribution in [1.82, 2.24) is 0 Å². The maximum Gasteiger partial charge on any atom is 0.0992 e. The van der Waals surface area contributed by atoms with E-state index >= 15 is 0 Å². The normalized spacial score (nSPS) is 10.1. The van der Waals surface area contributed by atoms with Gasteiger partial charge < -0.3 is 0 Å². The van der Waals surface area contributed by atoms with Crippen LogP contribution in [0.2, 0.25) is 15.1 Å². The molecule has 1 nitrogen and oxygen atoms in total. The predicted octanol–water partition coefficient (Wildman–Crippen LogP) is 5.67. The molecule has 0 unspecified atom stereocenters. The van der Waals surface area contributed by atoms with E-state index in [2.05, 4.69) is 0 Å². The minimum Gasteiger partial charge on any atom is -0.192 e. The van der Waals surface area contributed by atoms with Crippen LogP contribution < -0.4 is 0 Å². The summed E-state index contributed by atoms with van der Waals surface area (Å²) < 4.78 is 0. The van der Waals surface area contributed by atoms with Crippen molar-refractivity contribution in [3.8, 4) is 6.07 Å². The van der Waals surface area contributed by atoms with Crippen molar-refractivity contribution in [3.05, 3.63) is 57.0 Å². The molecule has 0 bridgehead atoms. The highest BCUT2D eigenvalue weighted by Crippen LogP contribution is 2.36. The number of nitriles is 1. The monoisotopic (exact) mass is 313 g/mol. The zero-order valence-corrected chi connectivity index (χ0v) is 12.0. The SMILES string of the molecule is N#Cc1ccc(Sc2ccc(Cl)c(Cl)c2)c(Cl)c1. The number of rotatable bonds is 2. The van der Waals surface area contributed by atoms with Gasteiger partial charge in [-0.3, -0.25) is 0 Å². The molecule has 0 aliphatic rings. The van der Waals surface area contributed by atoms with Gasteiger partial charge in [0.25, 0.3) is 0 Å². The van der Waals surface area contributed by atoms with Crippen molar-refractivity contribution in [2.24, 2.45) is 0 Å². The summed E-state index contributed by atoms with van der Waals surface area (Å²) >= 11 is 19.4. The van der Waals surface area contributed by atoms with Crippen LogP contribution in [0, 0.1) is 11.3 Å². The predicted molar refractivity (Wildman–Crippen MR) is 76.8 cm³/mol. The van der Waals surface area contributed by atoms with Crippen LogP contribution in [-0.2, 0) is 0 Å². The summed E-state index contributed by atoms with van der Waals surface area (Å²) in [4.78, 5) is 1.81. The fourth-order valence-electron chi connectivity index (χ4n) is 1.32. The second-order valence-corrected chi connectivity index (χ2v) is 5.77. The minimum absolute atomic E-state index is 0.506. The molecule has 90 valence electrons. The lowest BCUT2D eigenvalue weighted by Crippen LogP contribution is -1.79. The third kappa shape index (κ3) is 3.13. The Balaban J connectivity index is 2.29. The number of hydrogen-bond donors (Lipinski definition) is 0. The van der Waals surface area contributed by atoms with Gasteiger partial charge in [-0.2, -0.15) is 5.26 Å². The van der Waals surface area contributed by atoms with E-state index in [1.165, 1.54) is 11.8 Å². The Morgan fingerprint density at radius 3 is 2.28 bits per heavy atom. The second-order valence-electron chi connectivity index (χ2n) is 3.43. The maximum absolute atomic E-state index is 8.76. The van der Waals surface area contributed by atoms with Gasteiger partial charge in [0, 0.05) is 9.79 Å². The van der Waals surface area contributed by atoms with E-state index in [1.54, 1.807) is 24.3 Å². The third-order valence-corrected chi connectivity index (χ3v) is 4.41. The topological polar surface area (TPSA) is 23.8 Å². The first-order chi connectivity index (χ1) is 8.60. The van der Waals surface area contributed by atoms with E-state index in [-0.39, 0.29) is 0 Å². The summed E-state index contributed by atoms with van der Waals surface area (Å²) in [6, 6.07) is 12.6. The van der Waals surface area contributed by atoms with Crippen LogP contribution in [0.3, 0.4) is 0 Å². The van der Waals surface area contributed by atoms with Gasteiger partial charge in [0.15, 0.2) is 0 Å². The van der Waals surface area contributed by atoms with Gasteiger partial charge >= 0.3 is 0 Å². The van der Waals surface area contributed by atoms with Crippen molar-refractivity contribution in [2.45, 2.75) is 9.79 Å². The average Bonchev–Trinajstić information content (AvgIpc) is 2.36. The lowest BCUT2D eigenvalue weighted by Gasteiger charge is -2.05. The summed E-state index contributed by atoms with van der Waals surface area (Å²) in [6.07, 6.45) is 0. The van der Waals surface area contributed by atoms with Gasteiger partial charge in [0.2, 0.25) is 0 Å². The van der Waals surface area contributed by atoms with Crippen LogP contribution in [0.5, 0.6) is 0 Å². The van der Waals surface area contributed by atoms with E-state index in [0.717, 1.165) is 9.79 Å². The molecule has 0 aromatic heterocycles. The highest BCUT2D eigenvalue weighted by molar-refractivity contribution is 7.99. The molecule has 0 fully saturated rings. The largest absolute Gasteiger partial charge is 0.192 e. The van der Waals surface area contributed by atoms with Crippen molar-refractivity contribution in [2.75, 3.05) is 0 Å². The molecular weight excluding hydrogens is 309 g/mol. The van der Waals surface area contributed by atoms with E-state index in [9.17, 15) is 0 Å². The zero-order valence-electron chi connectivity index (χ0n) is 8.95. The van der Waals surface area contributed by atoms with Crippen molar-refractivity contribution in [1.29, 1.82) is 5.26 Å². The first kappa shape index (κ1) is 13.6. The molecule has 0 amide bonds.